The number of aliphatic carboxylic acids is 1. The fourth-order valence-corrected chi connectivity index (χ4v) is 1.50. The Balaban J connectivity index is 2.42. The standard InChI is InChI=1S/C9H13BrN2O3/c1-6(10)5-11-8(15)12-9(7(13)14)3-2-4-9/h1-5H2,(H,13,14)(H2,11,12,15). The van der Waals surface area contributed by atoms with E-state index in [1.165, 1.54) is 0 Å². The van der Waals surface area contributed by atoms with Gasteiger partial charge in [0.1, 0.15) is 5.54 Å². The Morgan fingerprint density at radius 3 is 2.40 bits per heavy atom. The first-order valence-electron chi connectivity index (χ1n) is 4.59. The monoisotopic (exact) mass is 276 g/mol. The Kier molecular flexibility index (Phi) is 3.73. The Morgan fingerprint density at radius 1 is 1.47 bits per heavy atom. The van der Waals surface area contributed by atoms with E-state index < -0.39 is 17.5 Å². The molecule has 0 aromatic rings. The summed E-state index contributed by atoms with van der Waals surface area (Å²) in [5.41, 5.74) is -1.06. The van der Waals surface area contributed by atoms with Gasteiger partial charge in [-0.15, -0.1) is 0 Å². The van der Waals surface area contributed by atoms with Gasteiger partial charge in [0.15, 0.2) is 0 Å². The molecule has 0 bridgehead atoms. The maximum atomic E-state index is 11.3. The van der Waals surface area contributed by atoms with Gasteiger partial charge in [-0.2, -0.15) is 0 Å². The molecule has 0 aliphatic heterocycles. The van der Waals surface area contributed by atoms with Crippen LogP contribution in [0.15, 0.2) is 11.1 Å². The number of rotatable bonds is 4. The predicted octanol–water partition coefficient (Wildman–Crippen LogP) is 1.20. The van der Waals surface area contributed by atoms with Gasteiger partial charge in [0, 0.05) is 4.48 Å². The summed E-state index contributed by atoms with van der Waals surface area (Å²) in [6.07, 6.45) is 1.81. The fourth-order valence-electron chi connectivity index (χ4n) is 1.36. The number of carbonyl (C=O) groups excluding carboxylic acids is 1. The van der Waals surface area contributed by atoms with Gasteiger partial charge in [0.2, 0.25) is 0 Å². The lowest BCUT2D eigenvalue weighted by Crippen LogP contribution is -2.61. The molecule has 0 saturated heterocycles. The molecule has 5 nitrogen and oxygen atoms in total. The third-order valence-electron chi connectivity index (χ3n) is 2.41. The summed E-state index contributed by atoms with van der Waals surface area (Å²) in [5, 5.41) is 13.9. The minimum Gasteiger partial charge on any atom is -0.480 e. The van der Waals surface area contributed by atoms with Gasteiger partial charge >= 0.3 is 12.0 Å². The van der Waals surface area contributed by atoms with Gasteiger partial charge in [-0.05, 0) is 19.3 Å². The number of halogens is 1. The number of carboxylic acid groups (broad SMARTS) is 1. The van der Waals surface area contributed by atoms with Gasteiger partial charge in [0.05, 0.1) is 6.54 Å². The molecule has 0 aromatic heterocycles. The van der Waals surface area contributed by atoms with Crippen LogP contribution in [0.25, 0.3) is 0 Å². The largest absolute Gasteiger partial charge is 0.480 e. The summed E-state index contributed by atoms with van der Waals surface area (Å²) >= 11 is 3.09. The van der Waals surface area contributed by atoms with Crippen LogP contribution in [0.1, 0.15) is 19.3 Å². The highest BCUT2D eigenvalue weighted by Gasteiger charge is 2.45. The van der Waals surface area contributed by atoms with Crippen LogP contribution in [-0.4, -0.2) is 29.2 Å². The van der Waals surface area contributed by atoms with Crippen molar-refractivity contribution in [2.45, 2.75) is 24.8 Å². The number of carboxylic acids is 1. The van der Waals surface area contributed by atoms with Crippen LogP contribution in [0, 0.1) is 0 Å². The van der Waals surface area contributed by atoms with Crippen molar-refractivity contribution in [1.29, 1.82) is 0 Å². The molecular formula is C9H13BrN2O3. The average molecular weight is 277 g/mol. The van der Waals surface area contributed by atoms with Crippen molar-refractivity contribution in [2.75, 3.05) is 6.54 Å². The number of urea groups is 1. The van der Waals surface area contributed by atoms with E-state index in [1.54, 1.807) is 0 Å². The quantitative estimate of drug-likeness (QED) is 0.722. The second-order valence-electron chi connectivity index (χ2n) is 3.57. The summed E-state index contributed by atoms with van der Waals surface area (Å²) in [4.78, 5) is 22.2. The van der Waals surface area contributed by atoms with Crippen LogP contribution < -0.4 is 10.6 Å². The van der Waals surface area contributed by atoms with E-state index in [4.69, 9.17) is 5.11 Å². The summed E-state index contributed by atoms with van der Waals surface area (Å²) in [5.74, 6) is -0.971. The first kappa shape index (κ1) is 12.0. The second-order valence-corrected chi connectivity index (χ2v) is 4.69. The number of nitrogens with one attached hydrogen (secondary N) is 2. The van der Waals surface area contributed by atoms with Crippen LogP contribution in [0.3, 0.4) is 0 Å². The van der Waals surface area contributed by atoms with E-state index in [0.717, 1.165) is 6.42 Å². The molecule has 0 heterocycles. The molecule has 15 heavy (non-hydrogen) atoms. The summed E-state index contributed by atoms with van der Waals surface area (Å²) < 4.78 is 0.635. The average Bonchev–Trinajstić information content (AvgIpc) is 2.07. The molecule has 3 N–H and O–H groups in total. The summed E-state index contributed by atoms with van der Waals surface area (Å²) in [7, 11) is 0. The van der Waals surface area contributed by atoms with Crippen LogP contribution >= 0.6 is 15.9 Å². The van der Waals surface area contributed by atoms with Crippen molar-refractivity contribution in [3.8, 4) is 0 Å². The van der Waals surface area contributed by atoms with Crippen LogP contribution in [0.5, 0.6) is 0 Å². The molecule has 0 aromatic carbocycles. The number of amides is 2. The maximum absolute atomic E-state index is 11.3. The van der Waals surface area contributed by atoms with Crippen molar-refractivity contribution in [3.63, 3.8) is 0 Å². The van der Waals surface area contributed by atoms with Crippen molar-refractivity contribution in [3.05, 3.63) is 11.1 Å². The summed E-state index contributed by atoms with van der Waals surface area (Å²) in [6.45, 7) is 3.83. The predicted molar refractivity (Wildman–Crippen MR) is 58.8 cm³/mol. The Labute approximate surface area is 96.0 Å². The molecule has 0 unspecified atom stereocenters. The van der Waals surface area contributed by atoms with Gasteiger partial charge < -0.3 is 15.7 Å². The normalized spacial score (nSPS) is 17.4. The van der Waals surface area contributed by atoms with Gasteiger partial charge in [0.25, 0.3) is 0 Å². The van der Waals surface area contributed by atoms with E-state index >= 15 is 0 Å². The zero-order valence-corrected chi connectivity index (χ0v) is 9.76. The molecular weight excluding hydrogens is 264 g/mol. The molecule has 6 heteroatoms. The molecule has 0 atom stereocenters. The lowest BCUT2D eigenvalue weighted by molar-refractivity contribution is -0.148. The Hall–Kier alpha value is -1.04. The molecule has 84 valence electrons. The van der Waals surface area contributed by atoms with E-state index in [1.807, 2.05) is 0 Å². The van der Waals surface area contributed by atoms with Crippen LogP contribution in [-0.2, 0) is 4.79 Å². The van der Waals surface area contributed by atoms with Crippen molar-refractivity contribution in [2.24, 2.45) is 0 Å². The van der Waals surface area contributed by atoms with E-state index in [2.05, 4.69) is 33.1 Å². The van der Waals surface area contributed by atoms with Crippen LogP contribution in [0.4, 0.5) is 4.79 Å². The zero-order chi connectivity index (χ0) is 11.5. The first-order valence-corrected chi connectivity index (χ1v) is 5.38. The Morgan fingerprint density at radius 2 is 2.07 bits per heavy atom. The lowest BCUT2D eigenvalue weighted by atomic mass is 9.77. The molecule has 1 saturated carbocycles. The van der Waals surface area contributed by atoms with Gasteiger partial charge in [-0.3, -0.25) is 0 Å². The molecule has 2 amide bonds. The fraction of sp³-hybridized carbons (Fsp3) is 0.556. The number of hydrogen-bond donors (Lipinski definition) is 3. The third-order valence-corrected chi connectivity index (χ3v) is 2.69. The van der Waals surface area contributed by atoms with Gasteiger partial charge in [-0.25, -0.2) is 9.59 Å². The van der Waals surface area contributed by atoms with Crippen molar-refractivity contribution in [1.82, 2.24) is 10.6 Å². The van der Waals surface area contributed by atoms with Crippen molar-refractivity contribution < 1.29 is 14.7 Å². The Bertz CT molecular complexity index is 300. The highest BCUT2D eigenvalue weighted by atomic mass is 79.9. The van der Waals surface area contributed by atoms with Crippen molar-refractivity contribution >= 4 is 27.9 Å². The third kappa shape index (κ3) is 2.95. The lowest BCUT2D eigenvalue weighted by Gasteiger charge is -2.38. The molecule has 0 spiro atoms. The highest BCUT2D eigenvalue weighted by Crippen LogP contribution is 2.31. The molecule has 1 aliphatic carbocycles. The van der Waals surface area contributed by atoms with E-state index in [9.17, 15) is 9.59 Å². The van der Waals surface area contributed by atoms with E-state index in [-0.39, 0.29) is 6.54 Å². The number of carbonyl (C=O) groups is 2. The molecule has 1 rings (SSSR count). The minimum absolute atomic E-state index is 0.279. The smallest absolute Gasteiger partial charge is 0.329 e. The van der Waals surface area contributed by atoms with E-state index in [0.29, 0.717) is 17.3 Å². The molecule has 1 fully saturated rings. The highest BCUT2D eigenvalue weighted by molar-refractivity contribution is 9.11. The summed E-state index contributed by atoms with van der Waals surface area (Å²) in [6, 6.07) is -0.474. The second kappa shape index (κ2) is 4.65. The molecule has 0 radical (unpaired) electrons. The maximum Gasteiger partial charge on any atom is 0.329 e. The zero-order valence-electron chi connectivity index (χ0n) is 8.18. The first-order chi connectivity index (χ1) is 6.96. The SMILES string of the molecule is C=C(Br)CNC(=O)NC1(C(=O)O)CCC1. The van der Waals surface area contributed by atoms with Crippen LogP contribution in [0.2, 0.25) is 0 Å². The topological polar surface area (TPSA) is 78.4 Å². The molecule has 1 aliphatic rings. The minimum atomic E-state index is -1.06. The van der Waals surface area contributed by atoms with Gasteiger partial charge in [-0.1, -0.05) is 22.5 Å². The number of hydrogen-bond acceptors (Lipinski definition) is 2.